The second-order valence-corrected chi connectivity index (χ2v) is 6.88. The summed E-state index contributed by atoms with van der Waals surface area (Å²) in [5.74, 6) is 0.00272. The lowest BCUT2D eigenvalue weighted by Crippen LogP contribution is -2.37. The molecule has 3 aromatic rings. The van der Waals surface area contributed by atoms with Gasteiger partial charge in [-0.1, -0.05) is 60.7 Å². The van der Waals surface area contributed by atoms with Crippen LogP contribution < -0.4 is 10.6 Å². The van der Waals surface area contributed by atoms with Crippen molar-refractivity contribution in [3.8, 4) is 11.3 Å². The van der Waals surface area contributed by atoms with E-state index in [1.165, 1.54) is 5.56 Å². The molecule has 0 atom stereocenters. The van der Waals surface area contributed by atoms with Gasteiger partial charge in [0.1, 0.15) is 0 Å². The van der Waals surface area contributed by atoms with Gasteiger partial charge in [-0.15, -0.1) is 0 Å². The highest BCUT2D eigenvalue weighted by molar-refractivity contribution is 5.78. The first-order chi connectivity index (χ1) is 13.1. The van der Waals surface area contributed by atoms with E-state index in [9.17, 15) is 4.79 Å². The summed E-state index contributed by atoms with van der Waals surface area (Å²) in [7, 11) is 0. The van der Waals surface area contributed by atoms with Crippen LogP contribution in [0.1, 0.15) is 25.0 Å². The molecule has 0 saturated carbocycles. The van der Waals surface area contributed by atoms with Gasteiger partial charge in [-0.3, -0.25) is 9.48 Å². The zero-order chi connectivity index (χ0) is 19.1. The molecule has 27 heavy (non-hydrogen) atoms. The van der Waals surface area contributed by atoms with Crippen LogP contribution in [0.3, 0.4) is 0 Å². The lowest BCUT2D eigenvalue weighted by molar-refractivity contribution is -0.120. The minimum atomic E-state index is 0.00272. The summed E-state index contributed by atoms with van der Waals surface area (Å²) < 4.78 is 1.96. The van der Waals surface area contributed by atoms with E-state index in [4.69, 9.17) is 5.10 Å². The van der Waals surface area contributed by atoms with Crippen molar-refractivity contribution in [3.63, 3.8) is 0 Å². The number of carbonyl (C=O) groups excluding carboxylic acids is 1. The van der Waals surface area contributed by atoms with E-state index in [0.29, 0.717) is 13.1 Å². The molecule has 0 aliphatic heterocycles. The molecule has 5 nitrogen and oxygen atoms in total. The molecular formula is C22H26N4O. The molecule has 2 N–H and O–H groups in total. The van der Waals surface area contributed by atoms with Gasteiger partial charge >= 0.3 is 0 Å². The van der Waals surface area contributed by atoms with Crippen molar-refractivity contribution in [3.05, 3.63) is 78.0 Å². The van der Waals surface area contributed by atoms with E-state index in [1.54, 1.807) is 0 Å². The predicted molar refractivity (Wildman–Crippen MR) is 108 cm³/mol. The summed E-state index contributed by atoms with van der Waals surface area (Å²) >= 11 is 0. The lowest BCUT2D eigenvalue weighted by atomic mass is 10.1. The summed E-state index contributed by atoms with van der Waals surface area (Å²) in [6.07, 6.45) is 2.06. The quantitative estimate of drug-likeness (QED) is 0.647. The van der Waals surface area contributed by atoms with Crippen molar-refractivity contribution in [1.29, 1.82) is 0 Å². The van der Waals surface area contributed by atoms with Crippen LogP contribution >= 0.6 is 0 Å². The molecule has 1 aromatic heterocycles. The Morgan fingerprint density at radius 1 is 1.04 bits per heavy atom. The summed E-state index contributed by atoms with van der Waals surface area (Å²) in [5.41, 5.74) is 4.31. The van der Waals surface area contributed by atoms with Crippen molar-refractivity contribution in [2.45, 2.75) is 33.0 Å². The Bertz CT molecular complexity index is 857. The Kier molecular flexibility index (Phi) is 6.39. The largest absolute Gasteiger partial charge is 0.353 e. The van der Waals surface area contributed by atoms with Gasteiger partial charge in [0.05, 0.1) is 18.8 Å². The normalized spacial score (nSPS) is 10.9. The molecule has 1 heterocycles. The zero-order valence-electron chi connectivity index (χ0n) is 15.9. The number of nitrogens with zero attached hydrogens (tertiary/aromatic N) is 2. The van der Waals surface area contributed by atoms with Gasteiger partial charge in [0.2, 0.25) is 5.91 Å². The number of rotatable bonds is 8. The van der Waals surface area contributed by atoms with Crippen molar-refractivity contribution >= 4 is 5.91 Å². The fourth-order valence-electron chi connectivity index (χ4n) is 2.97. The maximum Gasteiger partial charge on any atom is 0.234 e. The van der Waals surface area contributed by atoms with Crippen molar-refractivity contribution in [1.82, 2.24) is 20.4 Å². The molecule has 0 bridgehead atoms. The van der Waals surface area contributed by atoms with E-state index in [-0.39, 0.29) is 18.5 Å². The second kappa shape index (κ2) is 9.14. The monoisotopic (exact) mass is 362 g/mol. The summed E-state index contributed by atoms with van der Waals surface area (Å²) in [5, 5.41) is 10.9. The number of benzene rings is 2. The highest BCUT2D eigenvalue weighted by atomic mass is 16.1. The van der Waals surface area contributed by atoms with Crippen LogP contribution in [0.2, 0.25) is 0 Å². The molecule has 0 fully saturated rings. The molecule has 1 amide bonds. The van der Waals surface area contributed by atoms with Gasteiger partial charge in [0.15, 0.2) is 0 Å². The van der Waals surface area contributed by atoms with Crippen LogP contribution in [0.4, 0.5) is 0 Å². The molecule has 3 rings (SSSR count). The van der Waals surface area contributed by atoms with Crippen LogP contribution in [0.5, 0.6) is 0 Å². The van der Waals surface area contributed by atoms with E-state index < -0.39 is 0 Å². The van der Waals surface area contributed by atoms with Gasteiger partial charge < -0.3 is 10.6 Å². The topological polar surface area (TPSA) is 59.0 Å². The molecule has 5 heteroatoms. The minimum absolute atomic E-state index is 0.00272. The molecule has 0 aliphatic rings. The van der Waals surface area contributed by atoms with E-state index in [1.807, 2.05) is 54.9 Å². The first-order valence-electron chi connectivity index (χ1n) is 9.27. The number of carbonyl (C=O) groups is 1. The summed E-state index contributed by atoms with van der Waals surface area (Å²) in [4.78, 5) is 11.9. The second-order valence-electron chi connectivity index (χ2n) is 6.88. The van der Waals surface area contributed by atoms with E-state index >= 15 is 0 Å². The highest BCUT2D eigenvalue weighted by Gasteiger charge is 2.12. The maximum absolute atomic E-state index is 11.9. The maximum atomic E-state index is 11.9. The Labute approximate surface area is 160 Å². The first-order valence-corrected chi connectivity index (χ1v) is 9.27. The van der Waals surface area contributed by atoms with Crippen LogP contribution in [-0.2, 0) is 17.9 Å². The smallest absolute Gasteiger partial charge is 0.234 e. The van der Waals surface area contributed by atoms with Crippen LogP contribution in [0.15, 0.2) is 66.9 Å². The number of nitrogens with one attached hydrogen (secondary N) is 2. The fraction of sp³-hybridized carbons (Fsp3) is 0.273. The number of aromatic nitrogens is 2. The molecule has 0 saturated heterocycles. The van der Waals surface area contributed by atoms with Gasteiger partial charge in [-0.05, 0) is 19.4 Å². The van der Waals surface area contributed by atoms with Crippen LogP contribution in [0.25, 0.3) is 11.3 Å². The molecule has 0 spiro atoms. The Balaban J connectivity index is 1.75. The average Bonchev–Trinajstić information content (AvgIpc) is 3.05. The first kappa shape index (κ1) is 18.9. The van der Waals surface area contributed by atoms with Crippen molar-refractivity contribution in [2.24, 2.45) is 0 Å². The van der Waals surface area contributed by atoms with Crippen LogP contribution in [0, 0.1) is 0 Å². The third-order valence-corrected chi connectivity index (χ3v) is 4.12. The SMILES string of the molecule is CC(C)NC(=O)CNCc1cn(Cc2ccccc2)nc1-c1ccccc1. The van der Waals surface area contributed by atoms with Gasteiger partial charge in [0.25, 0.3) is 0 Å². The summed E-state index contributed by atoms with van der Waals surface area (Å²) in [6, 6.07) is 20.6. The fourth-order valence-corrected chi connectivity index (χ4v) is 2.97. The third-order valence-electron chi connectivity index (χ3n) is 4.12. The standard InChI is InChI=1S/C22H26N4O/c1-17(2)24-21(27)14-23-13-20-16-26(15-18-9-5-3-6-10-18)25-22(20)19-11-7-4-8-12-19/h3-12,16-17,23H,13-15H2,1-2H3,(H,24,27). The molecule has 0 unspecified atom stereocenters. The molecule has 0 radical (unpaired) electrons. The van der Waals surface area contributed by atoms with E-state index in [2.05, 4.69) is 41.1 Å². The lowest BCUT2D eigenvalue weighted by Gasteiger charge is -2.09. The third kappa shape index (κ3) is 5.53. The van der Waals surface area contributed by atoms with Gasteiger partial charge in [-0.2, -0.15) is 5.10 Å². The van der Waals surface area contributed by atoms with E-state index in [0.717, 1.165) is 16.8 Å². The molecule has 2 aromatic carbocycles. The number of amides is 1. The average molecular weight is 362 g/mol. The Morgan fingerprint density at radius 3 is 2.37 bits per heavy atom. The van der Waals surface area contributed by atoms with Crippen molar-refractivity contribution < 1.29 is 4.79 Å². The van der Waals surface area contributed by atoms with Gasteiger partial charge in [-0.25, -0.2) is 0 Å². The van der Waals surface area contributed by atoms with Crippen molar-refractivity contribution in [2.75, 3.05) is 6.54 Å². The Hall–Kier alpha value is -2.92. The zero-order valence-corrected chi connectivity index (χ0v) is 15.9. The molecule has 0 aliphatic carbocycles. The van der Waals surface area contributed by atoms with Crippen LogP contribution in [-0.4, -0.2) is 28.3 Å². The number of hydrogen-bond donors (Lipinski definition) is 2. The molecular weight excluding hydrogens is 336 g/mol. The number of hydrogen-bond acceptors (Lipinski definition) is 3. The Morgan fingerprint density at radius 2 is 1.70 bits per heavy atom. The minimum Gasteiger partial charge on any atom is -0.353 e. The molecule has 140 valence electrons. The summed E-state index contributed by atoms with van der Waals surface area (Å²) in [6.45, 7) is 5.51. The highest BCUT2D eigenvalue weighted by Crippen LogP contribution is 2.22. The van der Waals surface area contributed by atoms with Gasteiger partial charge in [0, 0.05) is 29.9 Å². The predicted octanol–water partition coefficient (Wildman–Crippen LogP) is 3.21.